The zero-order valence-electron chi connectivity index (χ0n) is 7.23. The molecule has 2 nitrogen and oxygen atoms in total. The topological polar surface area (TPSA) is 18.5 Å². The molecule has 0 spiro atoms. The first kappa shape index (κ1) is 8.45. The van der Waals surface area contributed by atoms with E-state index in [9.17, 15) is 0 Å². The zero-order chi connectivity index (χ0) is 7.83. The molecule has 1 fully saturated rings. The first-order valence-electron chi connectivity index (χ1n) is 3.94. The highest BCUT2D eigenvalue weighted by Crippen LogP contribution is 2.35. The Hall–Kier alpha value is 0.354. The van der Waals surface area contributed by atoms with Crippen LogP contribution in [0.3, 0.4) is 0 Å². The Labute approximate surface area is 65.0 Å². The Morgan fingerprint density at radius 3 is 1.40 bits per heavy atom. The summed E-state index contributed by atoms with van der Waals surface area (Å²) in [6.45, 7) is 8.60. The van der Waals surface area contributed by atoms with Gasteiger partial charge in [0, 0.05) is 0 Å². The van der Waals surface area contributed by atoms with E-state index >= 15 is 0 Å². The lowest BCUT2D eigenvalue weighted by Crippen LogP contribution is -2.66. The van der Waals surface area contributed by atoms with Gasteiger partial charge in [0.2, 0.25) is 0 Å². The molecule has 4 heteroatoms. The summed E-state index contributed by atoms with van der Waals surface area (Å²) in [5.41, 5.74) is 0. The van der Waals surface area contributed by atoms with E-state index in [0.717, 1.165) is 12.1 Å². The molecular weight excluding hydrogens is 160 g/mol. The molecule has 0 radical (unpaired) electrons. The van der Waals surface area contributed by atoms with Crippen LogP contribution in [-0.2, 0) is 8.23 Å². The molecule has 0 saturated carbocycles. The predicted molar refractivity (Wildman–Crippen MR) is 46.4 cm³/mol. The molecule has 1 aliphatic heterocycles. The fraction of sp³-hybridized carbons (Fsp3) is 1.00. The fourth-order valence-corrected chi connectivity index (χ4v) is 10.9. The molecule has 0 atom stereocenters. The maximum Gasteiger partial charge on any atom is 0.317 e. The monoisotopic (exact) mass is 176 g/mol. The Morgan fingerprint density at radius 1 is 0.900 bits per heavy atom. The maximum atomic E-state index is 5.87. The van der Waals surface area contributed by atoms with Gasteiger partial charge >= 0.3 is 17.1 Å². The van der Waals surface area contributed by atoms with Gasteiger partial charge in [-0.25, -0.2) is 0 Å². The molecule has 10 heavy (non-hydrogen) atoms. The average molecular weight is 176 g/mol. The summed E-state index contributed by atoms with van der Waals surface area (Å²) in [6.07, 6.45) is 0. The second-order valence-electron chi connectivity index (χ2n) is 3.18. The highest BCUT2D eigenvalue weighted by molar-refractivity contribution is 6.93. The second kappa shape index (κ2) is 2.44. The molecule has 0 aliphatic carbocycles. The van der Waals surface area contributed by atoms with E-state index in [4.69, 9.17) is 8.23 Å². The summed E-state index contributed by atoms with van der Waals surface area (Å²) in [5.74, 6) is 0. The minimum atomic E-state index is -1.57. The van der Waals surface area contributed by atoms with Crippen LogP contribution in [0.5, 0.6) is 0 Å². The van der Waals surface area contributed by atoms with Gasteiger partial charge in [0.25, 0.3) is 0 Å². The molecule has 1 saturated heterocycles. The SMILES string of the molecule is CC[Si]1(C)O[Si](C)(CC)O1. The summed E-state index contributed by atoms with van der Waals surface area (Å²) in [4.78, 5) is 0. The van der Waals surface area contributed by atoms with Crippen LogP contribution in [0.25, 0.3) is 0 Å². The van der Waals surface area contributed by atoms with Gasteiger partial charge in [-0.15, -0.1) is 0 Å². The Balaban J connectivity index is 2.42. The van der Waals surface area contributed by atoms with Crippen LogP contribution in [0.1, 0.15) is 13.8 Å². The van der Waals surface area contributed by atoms with Crippen LogP contribution >= 0.6 is 0 Å². The van der Waals surface area contributed by atoms with Gasteiger partial charge in [-0.1, -0.05) is 13.8 Å². The van der Waals surface area contributed by atoms with E-state index in [1.165, 1.54) is 0 Å². The lowest BCUT2D eigenvalue weighted by atomic mass is 11.0. The summed E-state index contributed by atoms with van der Waals surface area (Å²) in [5, 5.41) is 0. The number of hydrogen-bond donors (Lipinski definition) is 0. The van der Waals surface area contributed by atoms with Gasteiger partial charge in [0.15, 0.2) is 0 Å². The highest BCUT2D eigenvalue weighted by Gasteiger charge is 2.53. The molecule has 0 aromatic heterocycles. The molecule has 0 N–H and O–H groups in total. The van der Waals surface area contributed by atoms with Crippen molar-refractivity contribution in [3.8, 4) is 0 Å². The Kier molecular flexibility index (Phi) is 2.06. The summed E-state index contributed by atoms with van der Waals surface area (Å²) < 4.78 is 11.7. The van der Waals surface area contributed by atoms with E-state index in [0.29, 0.717) is 0 Å². The standard InChI is InChI=1S/C6H16O2Si2/c1-5-9(3)7-10(4,6-2)8-9/h5-6H2,1-4H3. The van der Waals surface area contributed by atoms with Crippen LogP contribution in [-0.4, -0.2) is 17.1 Å². The molecule has 1 aliphatic rings. The minimum absolute atomic E-state index is 1.09. The van der Waals surface area contributed by atoms with Crippen LogP contribution in [0.2, 0.25) is 25.2 Å². The molecule has 1 heterocycles. The summed E-state index contributed by atoms with van der Waals surface area (Å²) >= 11 is 0. The largest absolute Gasteiger partial charge is 0.416 e. The summed E-state index contributed by atoms with van der Waals surface area (Å²) in [7, 11) is -3.13. The van der Waals surface area contributed by atoms with E-state index < -0.39 is 17.1 Å². The van der Waals surface area contributed by atoms with E-state index in [2.05, 4.69) is 26.9 Å². The molecule has 0 aromatic carbocycles. The Morgan fingerprint density at radius 2 is 1.20 bits per heavy atom. The quantitative estimate of drug-likeness (QED) is 0.601. The first-order valence-corrected chi connectivity index (χ1v) is 8.99. The molecule has 60 valence electrons. The number of hydrogen-bond acceptors (Lipinski definition) is 2. The third kappa shape index (κ3) is 1.34. The van der Waals surface area contributed by atoms with Crippen molar-refractivity contribution < 1.29 is 8.23 Å². The maximum absolute atomic E-state index is 5.87. The minimum Gasteiger partial charge on any atom is -0.416 e. The smallest absolute Gasteiger partial charge is 0.317 e. The zero-order valence-corrected chi connectivity index (χ0v) is 9.23. The van der Waals surface area contributed by atoms with Gasteiger partial charge in [-0.05, 0) is 25.2 Å². The van der Waals surface area contributed by atoms with Crippen molar-refractivity contribution in [2.24, 2.45) is 0 Å². The van der Waals surface area contributed by atoms with Crippen LogP contribution < -0.4 is 0 Å². The van der Waals surface area contributed by atoms with Crippen molar-refractivity contribution >= 4 is 17.1 Å². The van der Waals surface area contributed by atoms with Crippen molar-refractivity contribution in [3.05, 3.63) is 0 Å². The van der Waals surface area contributed by atoms with E-state index in [1.807, 2.05) is 0 Å². The van der Waals surface area contributed by atoms with Gasteiger partial charge < -0.3 is 8.23 Å². The number of rotatable bonds is 2. The molecule has 0 bridgehead atoms. The Bertz CT molecular complexity index is 118. The fourth-order valence-electron chi connectivity index (χ4n) is 1.21. The van der Waals surface area contributed by atoms with Gasteiger partial charge in [-0.3, -0.25) is 0 Å². The molecule has 0 unspecified atom stereocenters. The van der Waals surface area contributed by atoms with Gasteiger partial charge in [-0.2, -0.15) is 0 Å². The van der Waals surface area contributed by atoms with Crippen molar-refractivity contribution in [3.63, 3.8) is 0 Å². The lowest BCUT2D eigenvalue weighted by Gasteiger charge is -2.49. The van der Waals surface area contributed by atoms with Gasteiger partial charge in [0.1, 0.15) is 0 Å². The lowest BCUT2D eigenvalue weighted by molar-refractivity contribution is 0.224. The van der Waals surface area contributed by atoms with Crippen molar-refractivity contribution in [1.29, 1.82) is 0 Å². The van der Waals surface area contributed by atoms with Gasteiger partial charge in [0.05, 0.1) is 0 Å². The summed E-state index contributed by atoms with van der Waals surface area (Å²) in [6, 6.07) is 2.19. The van der Waals surface area contributed by atoms with Crippen molar-refractivity contribution in [2.45, 2.75) is 39.0 Å². The van der Waals surface area contributed by atoms with E-state index in [-0.39, 0.29) is 0 Å². The highest BCUT2D eigenvalue weighted by atomic mass is 28.5. The van der Waals surface area contributed by atoms with E-state index in [1.54, 1.807) is 0 Å². The molecular formula is C6H16O2Si2. The predicted octanol–water partition coefficient (Wildman–Crippen LogP) is 2.22. The van der Waals surface area contributed by atoms with Crippen LogP contribution in [0.4, 0.5) is 0 Å². The third-order valence-electron chi connectivity index (χ3n) is 2.15. The average Bonchev–Trinajstić information content (AvgIpc) is 1.85. The molecule has 0 amide bonds. The van der Waals surface area contributed by atoms with Crippen LogP contribution in [0, 0.1) is 0 Å². The van der Waals surface area contributed by atoms with Crippen molar-refractivity contribution in [2.75, 3.05) is 0 Å². The normalized spacial score (nSPS) is 46.8. The molecule has 1 rings (SSSR count). The second-order valence-corrected chi connectivity index (χ2v) is 10.8. The van der Waals surface area contributed by atoms with Crippen LogP contribution in [0.15, 0.2) is 0 Å². The first-order chi connectivity index (χ1) is 4.54. The molecule has 0 aromatic rings. The third-order valence-corrected chi connectivity index (χ3v) is 11.6. The van der Waals surface area contributed by atoms with Crippen molar-refractivity contribution in [1.82, 2.24) is 0 Å².